The van der Waals surface area contributed by atoms with Crippen molar-refractivity contribution in [2.75, 3.05) is 6.61 Å². The van der Waals surface area contributed by atoms with E-state index in [-0.39, 0.29) is 12.0 Å². The van der Waals surface area contributed by atoms with Crippen LogP contribution in [0.3, 0.4) is 0 Å². The van der Waals surface area contributed by atoms with Gasteiger partial charge in [0, 0.05) is 10.7 Å². The maximum atomic E-state index is 9.20. The van der Waals surface area contributed by atoms with Gasteiger partial charge in [-0.05, 0) is 11.1 Å². The molecule has 0 bridgehead atoms. The summed E-state index contributed by atoms with van der Waals surface area (Å²) in [5.74, 6) is 0. The van der Waals surface area contributed by atoms with E-state index in [9.17, 15) is 5.11 Å². The molecule has 72 valence electrons. The molecule has 13 heavy (non-hydrogen) atoms. The maximum absolute atomic E-state index is 9.20. The van der Waals surface area contributed by atoms with E-state index in [0.29, 0.717) is 0 Å². The monoisotopic (exact) mass is 242 g/mol. The fraction of sp³-hybridized carbons (Fsp3) is 0.455. The molecule has 0 aliphatic carbocycles. The van der Waals surface area contributed by atoms with Crippen LogP contribution >= 0.6 is 15.9 Å². The van der Waals surface area contributed by atoms with Gasteiger partial charge in [0.15, 0.2) is 0 Å². The summed E-state index contributed by atoms with van der Waals surface area (Å²) in [5, 5.41) is 10.1. The normalized spacial score (nSPS) is 11.7. The van der Waals surface area contributed by atoms with Gasteiger partial charge in [0.05, 0.1) is 6.61 Å². The lowest BCUT2D eigenvalue weighted by molar-refractivity contribution is 0.218. The first-order chi connectivity index (χ1) is 6.10. The fourth-order valence-electron chi connectivity index (χ4n) is 1.17. The summed E-state index contributed by atoms with van der Waals surface area (Å²) >= 11 is 3.42. The molecule has 0 aliphatic rings. The van der Waals surface area contributed by atoms with Crippen molar-refractivity contribution >= 4 is 15.9 Å². The molecule has 1 aromatic carbocycles. The van der Waals surface area contributed by atoms with Crippen LogP contribution < -0.4 is 0 Å². The van der Waals surface area contributed by atoms with Crippen LogP contribution in [0.15, 0.2) is 24.3 Å². The lowest BCUT2D eigenvalue weighted by Gasteiger charge is -2.22. The van der Waals surface area contributed by atoms with Crippen LogP contribution in [0, 0.1) is 0 Å². The van der Waals surface area contributed by atoms with Crippen LogP contribution in [0.4, 0.5) is 0 Å². The predicted molar refractivity (Wildman–Crippen MR) is 59.2 cm³/mol. The fourth-order valence-corrected chi connectivity index (χ4v) is 1.52. The Morgan fingerprint density at radius 1 is 1.38 bits per heavy atom. The lowest BCUT2D eigenvalue weighted by Crippen LogP contribution is -2.21. The zero-order valence-corrected chi connectivity index (χ0v) is 9.63. The van der Waals surface area contributed by atoms with Crippen LogP contribution in [0.2, 0.25) is 0 Å². The first-order valence-electron chi connectivity index (χ1n) is 4.36. The molecule has 0 radical (unpaired) electrons. The largest absolute Gasteiger partial charge is 0.395 e. The van der Waals surface area contributed by atoms with Crippen molar-refractivity contribution in [3.63, 3.8) is 0 Å². The van der Waals surface area contributed by atoms with Crippen molar-refractivity contribution in [1.82, 2.24) is 0 Å². The molecule has 0 saturated carbocycles. The molecule has 0 fully saturated rings. The number of hydrogen-bond acceptors (Lipinski definition) is 1. The second-order valence-electron chi connectivity index (χ2n) is 3.88. The Morgan fingerprint density at radius 2 is 2.08 bits per heavy atom. The molecular formula is C11H15BrO. The van der Waals surface area contributed by atoms with Crippen LogP contribution in [0.1, 0.15) is 25.0 Å². The summed E-state index contributed by atoms with van der Waals surface area (Å²) in [4.78, 5) is 0. The van der Waals surface area contributed by atoms with Crippen molar-refractivity contribution in [3.8, 4) is 0 Å². The maximum Gasteiger partial charge on any atom is 0.0522 e. The number of halogens is 1. The van der Waals surface area contributed by atoms with Gasteiger partial charge in [-0.1, -0.05) is 54.0 Å². The van der Waals surface area contributed by atoms with Gasteiger partial charge in [0.2, 0.25) is 0 Å². The third-order valence-electron chi connectivity index (χ3n) is 2.26. The highest BCUT2D eigenvalue weighted by atomic mass is 79.9. The van der Waals surface area contributed by atoms with Crippen molar-refractivity contribution < 1.29 is 5.11 Å². The van der Waals surface area contributed by atoms with E-state index in [4.69, 9.17) is 0 Å². The quantitative estimate of drug-likeness (QED) is 0.809. The molecule has 0 amide bonds. The minimum Gasteiger partial charge on any atom is -0.395 e. The van der Waals surface area contributed by atoms with Crippen LogP contribution in [0.25, 0.3) is 0 Å². The van der Waals surface area contributed by atoms with Crippen LogP contribution in [-0.4, -0.2) is 11.7 Å². The highest BCUT2D eigenvalue weighted by molar-refractivity contribution is 9.08. The van der Waals surface area contributed by atoms with Gasteiger partial charge in [-0.2, -0.15) is 0 Å². The van der Waals surface area contributed by atoms with Crippen molar-refractivity contribution in [2.45, 2.75) is 24.6 Å². The second-order valence-corrected chi connectivity index (χ2v) is 4.44. The minimum atomic E-state index is -0.141. The van der Waals surface area contributed by atoms with Gasteiger partial charge in [0.25, 0.3) is 0 Å². The predicted octanol–water partition coefficient (Wildman–Crippen LogP) is 2.85. The summed E-state index contributed by atoms with van der Waals surface area (Å²) < 4.78 is 0. The van der Waals surface area contributed by atoms with Gasteiger partial charge < -0.3 is 5.11 Å². The first kappa shape index (κ1) is 10.7. The number of benzene rings is 1. The van der Waals surface area contributed by atoms with E-state index in [0.717, 1.165) is 5.33 Å². The van der Waals surface area contributed by atoms with Gasteiger partial charge >= 0.3 is 0 Å². The van der Waals surface area contributed by atoms with Crippen molar-refractivity contribution in [1.29, 1.82) is 0 Å². The standard InChI is InChI=1S/C11H15BrO/c1-11(2,8-13)10-5-3-4-9(6-10)7-12/h3-6,13H,7-8H2,1-2H3. The molecule has 1 aromatic rings. The Labute approximate surface area is 87.9 Å². The van der Waals surface area contributed by atoms with Gasteiger partial charge in [-0.25, -0.2) is 0 Å². The van der Waals surface area contributed by atoms with E-state index in [1.54, 1.807) is 0 Å². The summed E-state index contributed by atoms with van der Waals surface area (Å²) in [6.07, 6.45) is 0. The average molecular weight is 243 g/mol. The van der Waals surface area contributed by atoms with Crippen LogP contribution in [0.5, 0.6) is 0 Å². The molecule has 2 heteroatoms. The molecule has 1 rings (SSSR count). The molecule has 0 spiro atoms. The Balaban J connectivity index is 3.01. The first-order valence-corrected chi connectivity index (χ1v) is 5.48. The zero-order chi connectivity index (χ0) is 9.90. The number of rotatable bonds is 3. The van der Waals surface area contributed by atoms with Crippen LogP contribution in [-0.2, 0) is 10.7 Å². The van der Waals surface area contributed by atoms with E-state index >= 15 is 0 Å². The molecule has 0 aliphatic heterocycles. The minimum absolute atomic E-state index is 0.141. The van der Waals surface area contributed by atoms with Crippen molar-refractivity contribution in [2.24, 2.45) is 0 Å². The smallest absolute Gasteiger partial charge is 0.0522 e. The molecule has 0 heterocycles. The Bertz CT molecular complexity index is 281. The third kappa shape index (κ3) is 2.55. The van der Waals surface area contributed by atoms with Crippen molar-refractivity contribution in [3.05, 3.63) is 35.4 Å². The SMILES string of the molecule is CC(C)(CO)c1cccc(CBr)c1. The van der Waals surface area contributed by atoms with E-state index in [1.807, 2.05) is 19.9 Å². The topological polar surface area (TPSA) is 20.2 Å². The molecule has 1 N–H and O–H groups in total. The molecular weight excluding hydrogens is 228 g/mol. The summed E-state index contributed by atoms with van der Waals surface area (Å²) in [6.45, 7) is 4.26. The number of aliphatic hydroxyl groups excluding tert-OH is 1. The number of hydrogen-bond donors (Lipinski definition) is 1. The molecule has 0 aromatic heterocycles. The zero-order valence-electron chi connectivity index (χ0n) is 8.05. The van der Waals surface area contributed by atoms with E-state index in [2.05, 4.69) is 34.1 Å². The highest BCUT2D eigenvalue weighted by Gasteiger charge is 2.18. The van der Waals surface area contributed by atoms with E-state index < -0.39 is 0 Å². The molecule has 1 nitrogen and oxygen atoms in total. The highest BCUT2D eigenvalue weighted by Crippen LogP contribution is 2.23. The molecule has 0 unspecified atom stereocenters. The lowest BCUT2D eigenvalue weighted by atomic mass is 9.85. The summed E-state index contributed by atoms with van der Waals surface area (Å²) in [5.41, 5.74) is 2.30. The number of aliphatic hydroxyl groups is 1. The van der Waals surface area contributed by atoms with Gasteiger partial charge in [-0.3, -0.25) is 0 Å². The molecule has 0 saturated heterocycles. The Morgan fingerprint density at radius 3 is 2.62 bits per heavy atom. The Hall–Kier alpha value is -0.340. The van der Waals surface area contributed by atoms with Gasteiger partial charge in [0.1, 0.15) is 0 Å². The summed E-state index contributed by atoms with van der Waals surface area (Å²) in [6, 6.07) is 8.29. The van der Waals surface area contributed by atoms with Gasteiger partial charge in [-0.15, -0.1) is 0 Å². The molecule has 0 atom stereocenters. The summed E-state index contributed by atoms with van der Waals surface area (Å²) in [7, 11) is 0. The third-order valence-corrected chi connectivity index (χ3v) is 2.91. The second kappa shape index (κ2) is 4.25. The number of alkyl halides is 1. The average Bonchev–Trinajstić information content (AvgIpc) is 2.18. The van der Waals surface area contributed by atoms with E-state index in [1.165, 1.54) is 11.1 Å². The Kier molecular flexibility index (Phi) is 3.51.